The number of allylic oxidation sites excluding steroid dienone is 1. The van der Waals surface area contributed by atoms with Gasteiger partial charge in [0.2, 0.25) is 0 Å². The predicted molar refractivity (Wildman–Crippen MR) is 114 cm³/mol. The number of nitrogens with zero attached hydrogens (tertiary/aromatic N) is 2. The van der Waals surface area contributed by atoms with Crippen molar-refractivity contribution in [1.29, 1.82) is 0 Å². The van der Waals surface area contributed by atoms with Crippen LogP contribution in [0.25, 0.3) is 17.0 Å². The normalized spacial score (nSPS) is 18.8. The highest BCUT2D eigenvalue weighted by molar-refractivity contribution is 8.04. The fraction of sp³-hybridized carbons (Fsp3) is 0.182. The molecule has 1 aliphatic rings. The van der Waals surface area contributed by atoms with E-state index in [0.717, 1.165) is 26.9 Å². The molecular weight excluding hydrogens is 373 g/mol. The molecule has 3 aromatic rings. The Hall–Kier alpha value is -2.54. The number of aliphatic imine (C=N–C) groups is 1. The van der Waals surface area contributed by atoms with Gasteiger partial charge in [-0.3, -0.25) is 15.3 Å². The van der Waals surface area contributed by atoms with Crippen LogP contribution in [-0.2, 0) is 6.42 Å². The molecular formula is C22H20FN3OS. The number of fused-ring (bicyclic) bond motifs is 1. The topological polar surface area (TPSA) is 57.5 Å². The zero-order valence-corrected chi connectivity index (χ0v) is 15.9. The van der Waals surface area contributed by atoms with Crippen LogP contribution in [0, 0.1) is 5.82 Å². The molecule has 0 amide bonds. The average Bonchev–Trinajstić information content (AvgIpc) is 3.15. The summed E-state index contributed by atoms with van der Waals surface area (Å²) in [6.07, 6.45) is 6.35. The van der Waals surface area contributed by atoms with E-state index < -0.39 is 0 Å². The molecule has 0 bridgehead atoms. The number of aromatic nitrogens is 1. The van der Waals surface area contributed by atoms with E-state index in [1.54, 1.807) is 30.1 Å². The van der Waals surface area contributed by atoms with Crippen LogP contribution in [0.2, 0.25) is 0 Å². The van der Waals surface area contributed by atoms with Gasteiger partial charge < -0.3 is 5.11 Å². The van der Waals surface area contributed by atoms with Crippen LogP contribution in [-0.4, -0.2) is 34.5 Å². The number of benzene rings is 2. The Labute approximate surface area is 167 Å². The van der Waals surface area contributed by atoms with Crippen molar-refractivity contribution >= 4 is 35.0 Å². The fourth-order valence-electron chi connectivity index (χ4n) is 3.11. The van der Waals surface area contributed by atoms with Crippen LogP contribution >= 0.6 is 11.8 Å². The molecule has 0 saturated carbocycles. The molecule has 2 heterocycles. The predicted octanol–water partition coefficient (Wildman–Crippen LogP) is 4.01. The summed E-state index contributed by atoms with van der Waals surface area (Å²) < 4.78 is 13.0. The monoisotopic (exact) mass is 393 g/mol. The molecule has 0 spiro atoms. The van der Waals surface area contributed by atoms with Crippen LogP contribution in [0.15, 0.2) is 70.7 Å². The van der Waals surface area contributed by atoms with E-state index in [0.29, 0.717) is 6.42 Å². The lowest BCUT2D eigenvalue weighted by Gasteiger charge is -2.19. The van der Waals surface area contributed by atoms with Gasteiger partial charge in [0.1, 0.15) is 5.82 Å². The third-order valence-electron chi connectivity index (χ3n) is 4.51. The summed E-state index contributed by atoms with van der Waals surface area (Å²) in [5.74, 6) is -0.257. The number of hydrogen-bond donors (Lipinski definition) is 2. The minimum Gasteiger partial charge on any atom is -0.395 e. The maximum atomic E-state index is 13.0. The smallest absolute Gasteiger partial charge is 0.151 e. The van der Waals surface area contributed by atoms with Crippen LogP contribution in [0.1, 0.15) is 11.1 Å². The van der Waals surface area contributed by atoms with E-state index in [1.807, 2.05) is 30.5 Å². The molecule has 4 nitrogen and oxygen atoms in total. The summed E-state index contributed by atoms with van der Waals surface area (Å²) in [6.45, 7) is -0.0132. The molecule has 1 aromatic heterocycles. The van der Waals surface area contributed by atoms with E-state index in [-0.39, 0.29) is 24.0 Å². The summed E-state index contributed by atoms with van der Waals surface area (Å²) >= 11 is 1.61. The number of thioether (sulfide) groups is 1. The standard InChI is InChI=1S/C22H20FN3OS/c23-18-6-3-15(4-7-18)11-19(14-27)26-22-25-13-20(28-22)12-16-5-8-21-17(10-16)2-1-9-24-21/h1-10,12-13,19,22,26-27H,11,14H2/b20-12-/t19-,22?/m1/s1. The molecule has 142 valence electrons. The molecule has 2 atom stereocenters. The molecule has 0 saturated heterocycles. The molecule has 4 rings (SSSR count). The van der Waals surface area contributed by atoms with Crippen molar-refractivity contribution < 1.29 is 9.50 Å². The lowest BCUT2D eigenvalue weighted by atomic mass is 10.1. The van der Waals surface area contributed by atoms with Crippen molar-refractivity contribution in [2.24, 2.45) is 4.99 Å². The Kier molecular flexibility index (Phi) is 5.81. The number of nitrogens with one attached hydrogen (secondary N) is 1. The highest BCUT2D eigenvalue weighted by Crippen LogP contribution is 2.29. The Morgan fingerprint density at radius 1 is 1.18 bits per heavy atom. The van der Waals surface area contributed by atoms with E-state index >= 15 is 0 Å². The van der Waals surface area contributed by atoms with Gasteiger partial charge in [0.05, 0.1) is 12.1 Å². The number of aliphatic hydroxyl groups excluding tert-OH is 1. The van der Waals surface area contributed by atoms with Crippen LogP contribution in [0.4, 0.5) is 4.39 Å². The molecule has 0 fully saturated rings. The van der Waals surface area contributed by atoms with Crippen molar-refractivity contribution in [2.45, 2.75) is 18.0 Å². The highest BCUT2D eigenvalue weighted by Gasteiger charge is 2.19. The van der Waals surface area contributed by atoms with Gasteiger partial charge in [0, 0.05) is 28.7 Å². The first-order valence-electron chi connectivity index (χ1n) is 9.07. The zero-order valence-electron chi connectivity index (χ0n) is 15.1. The largest absolute Gasteiger partial charge is 0.395 e. The van der Waals surface area contributed by atoms with Crippen LogP contribution in [0.3, 0.4) is 0 Å². The Morgan fingerprint density at radius 3 is 2.86 bits per heavy atom. The molecule has 28 heavy (non-hydrogen) atoms. The molecule has 1 unspecified atom stereocenters. The summed E-state index contributed by atoms with van der Waals surface area (Å²) in [5.41, 5.74) is 2.90. The maximum absolute atomic E-state index is 13.0. The van der Waals surface area contributed by atoms with Gasteiger partial charge in [-0.05, 0) is 54.0 Å². The molecule has 2 aromatic carbocycles. The molecule has 0 radical (unpaired) electrons. The second-order valence-corrected chi connectivity index (χ2v) is 7.78. The zero-order chi connectivity index (χ0) is 19.3. The number of hydrogen-bond acceptors (Lipinski definition) is 5. The minimum atomic E-state index is -0.257. The van der Waals surface area contributed by atoms with Crippen molar-refractivity contribution in [3.8, 4) is 0 Å². The first kappa shape index (κ1) is 18.8. The van der Waals surface area contributed by atoms with Crippen LogP contribution < -0.4 is 5.32 Å². The number of rotatable bonds is 6. The first-order chi connectivity index (χ1) is 13.7. The first-order valence-corrected chi connectivity index (χ1v) is 9.95. The third-order valence-corrected chi connectivity index (χ3v) is 5.49. The SMILES string of the molecule is OC[C@@H](Cc1ccc(F)cc1)NC1N=C/C(=C/c2ccc3ncccc3c2)S1. The quantitative estimate of drug-likeness (QED) is 0.664. The van der Waals surface area contributed by atoms with Gasteiger partial charge in [-0.1, -0.05) is 36.0 Å². The van der Waals surface area contributed by atoms with E-state index in [2.05, 4.69) is 27.4 Å². The molecule has 0 aliphatic carbocycles. The fourth-order valence-corrected chi connectivity index (χ4v) is 4.08. The lowest BCUT2D eigenvalue weighted by molar-refractivity contribution is 0.240. The van der Waals surface area contributed by atoms with E-state index in [1.165, 1.54) is 12.1 Å². The third kappa shape index (κ3) is 4.65. The second-order valence-electron chi connectivity index (χ2n) is 6.63. The number of pyridine rings is 1. The average molecular weight is 393 g/mol. The maximum Gasteiger partial charge on any atom is 0.151 e. The second kappa shape index (κ2) is 8.65. The van der Waals surface area contributed by atoms with Gasteiger partial charge in [0.25, 0.3) is 0 Å². The van der Waals surface area contributed by atoms with Crippen molar-refractivity contribution in [3.05, 3.63) is 82.6 Å². The lowest BCUT2D eigenvalue weighted by Crippen LogP contribution is -2.38. The van der Waals surface area contributed by atoms with Crippen molar-refractivity contribution in [2.75, 3.05) is 6.61 Å². The summed E-state index contributed by atoms with van der Waals surface area (Å²) in [5, 5.41) is 14.1. The van der Waals surface area contributed by atoms with E-state index in [4.69, 9.17) is 0 Å². The number of halogens is 1. The van der Waals surface area contributed by atoms with Gasteiger partial charge in [-0.25, -0.2) is 4.39 Å². The number of aliphatic hydroxyl groups is 1. The molecule has 2 N–H and O–H groups in total. The highest BCUT2D eigenvalue weighted by atomic mass is 32.2. The summed E-state index contributed by atoms with van der Waals surface area (Å²) in [4.78, 5) is 9.89. The van der Waals surface area contributed by atoms with Gasteiger partial charge in [0.15, 0.2) is 5.50 Å². The van der Waals surface area contributed by atoms with Crippen LogP contribution in [0.5, 0.6) is 0 Å². The van der Waals surface area contributed by atoms with Gasteiger partial charge in [-0.15, -0.1) is 0 Å². The molecule has 6 heteroatoms. The van der Waals surface area contributed by atoms with Gasteiger partial charge in [-0.2, -0.15) is 0 Å². The van der Waals surface area contributed by atoms with E-state index in [9.17, 15) is 9.50 Å². The van der Waals surface area contributed by atoms with Gasteiger partial charge >= 0.3 is 0 Å². The minimum absolute atomic E-state index is 0.0132. The Balaban J connectivity index is 1.39. The Bertz CT molecular complexity index is 1020. The summed E-state index contributed by atoms with van der Waals surface area (Å²) in [6, 6.07) is 16.4. The Morgan fingerprint density at radius 2 is 2.04 bits per heavy atom. The van der Waals surface area contributed by atoms with Crippen molar-refractivity contribution in [1.82, 2.24) is 10.3 Å². The van der Waals surface area contributed by atoms with Crippen molar-refractivity contribution in [3.63, 3.8) is 0 Å². The summed E-state index contributed by atoms with van der Waals surface area (Å²) in [7, 11) is 0. The molecule has 1 aliphatic heterocycles.